The summed E-state index contributed by atoms with van der Waals surface area (Å²) < 4.78 is 7.37. The zero-order valence-electron chi connectivity index (χ0n) is 18.1. The van der Waals surface area contributed by atoms with Gasteiger partial charge in [0, 0.05) is 42.6 Å². The average molecular weight is 424 g/mol. The third-order valence-corrected chi connectivity index (χ3v) is 6.71. The Balaban J connectivity index is 1.63. The highest BCUT2D eigenvalue weighted by Gasteiger charge is 2.34. The number of methoxy groups -OCH3 is 1. The van der Waals surface area contributed by atoms with Crippen LogP contribution in [0.3, 0.4) is 0 Å². The van der Waals surface area contributed by atoms with Gasteiger partial charge in [0.2, 0.25) is 0 Å². The van der Waals surface area contributed by atoms with Crippen molar-refractivity contribution in [3.63, 3.8) is 0 Å². The molecule has 164 valence electrons. The summed E-state index contributed by atoms with van der Waals surface area (Å²) in [5.41, 5.74) is 1.38. The Morgan fingerprint density at radius 2 is 1.90 bits per heavy atom. The molecule has 3 aromatic rings. The first-order valence-electron chi connectivity index (χ1n) is 11.1. The predicted molar refractivity (Wildman–Crippen MR) is 117 cm³/mol. The van der Waals surface area contributed by atoms with Crippen molar-refractivity contribution in [1.82, 2.24) is 35.0 Å². The minimum absolute atomic E-state index is 0.0948. The lowest BCUT2D eigenvalue weighted by Crippen LogP contribution is -2.47. The molecule has 0 amide bonds. The Bertz CT molecular complexity index is 1110. The molecular weight excluding hydrogens is 394 g/mol. The number of tetrazole rings is 1. The van der Waals surface area contributed by atoms with E-state index in [4.69, 9.17) is 4.74 Å². The van der Waals surface area contributed by atoms with Gasteiger partial charge in [0.05, 0.1) is 13.2 Å². The van der Waals surface area contributed by atoms with Gasteiger partial charge in [-0.1, -0.05) is 12.8 Å². The van der Waals surface area contributed by atoms with E-state index in [0.717, 1.165) is 61.5 Å². The summed E-state index contributed by atoms with van der Waals surface area (Å²) in [7, 11) is 3.78. The number of hydrogen-bond acceptors (Lipinski definition) is 7. The van der Waals surface area contributed by atoms with Crippen LogP contribution < -0.4 is 10.3 Å². The van der Waals surface area contributed by atoms with E-state index in [9.17, 15) is 4.79 Å². The van der Waals surface area contributed by atoms with Gasteiger partial charge in [-0.05, 0) is 54.6 Å². The molecule has 0 spiro atoms. The van der Waals surface area contributed by atoms with Gasteiger partial charge in [-0.15, -0.1) is 5.10 Å². The van der Waals surface area contributed by atoms with Crippen LogP contribution in [-0.2, 0) is 0 Å². The lowest BCUT2D eigenvalue weighted by atomic mass is 10.0. The van der Waals surface area contributed by atoms with Crippen molar-refractivity contribution in [2.24, 2.45) is 0 Å². The Kier molecular flexibility index (Phi) is 5.45. The van der Waals surface area contributed by atoms with Gasteiger partial charge in [0.15, 0.2) is 5.82 Å². The van der Waals surface area contributed by atoms with E-state index >= 15 is 0 Å². The van der Waals surface area contributed by atoms with Gasteiger partial charge < -0.3 is 14.6 Å². The molecular formula is C22H29N7O2. The number of H-pyrrole nitrogens is 1. The molecule has 0 radical (unpaired) electrons. The van der Waals surface area contributed by atoms with Gasteiger partial charge in [0.25, 0.3) is 5.56 Å². The first-order valence-corrected chi connectivity index (χ1v) is 11.1. The summed E-state index contributed by atoms with van der Waals surface area (Å²) in [6.07, 6.45) is 4.55. The summed E-state index contributed by atoms with van der Waals surface area (Å²) >= 11 is 0. The molecule has 2 fully saturated rings. The second kappa shape index (κ2) is 8.39. The molecule has 9 heteroatoms. The standard InChI is InChI=1S/C22H29N7O2/c1-27-9-11-28(12-10-27)20(21-24-25-26-29(21)16-5-3-4-6-16)18-14-15-13-17(31-2)7-8-19(15)23-22(18)30/h7-8,13-14,16,20H,3-6,9-12H2,1-2H3,(H,23,30)/t20-/m1/s1. The minimum Gasteiger partial charge on any atom is -0.497 e. The highest BCUT2D eigenvalue weighted by Crippen LogP contribution is 2.34. The molecule has 0 unspecified atom stereocenters. The third-order valence-electron chi connectivity index (χ3n) is 6.71. The Morgan fingerprint density at radius 1 is 1.13 bits per heavy atom. The lowest BCUT2D eigenvalue weighted by Gasteiger charge is -2.37. The molecule has 3 heterocycles. The van der Waals surface area contributed by atoms with Gasteiger partial charge in [-0.25, -0.2) is 4.68 Å². The second-order valence-electron chi connectivity index (χ2n) is 8.67. The van der Waals surface area contributed by atoms with Crippen molar-refractivity contribution in [2.45, 2.75) is 37.8 Å². The molecule has 2 aromatic heterocycles. The minimum atomic E-state index is -0.288. The first kappa shape index (κ1) is 20.1. The van der Waals surface area contributed by atoms with E-state index in [0.29, 0.717) is 11.6 Å². The number of pyridine rings is 1. The Labute approximate surface area is 181 Å². The fourth-order valence-electron chi connectivity index (χ4n) is 4.90. The number of aromatic amines is 1. The fourth-order valence-corrected chi connectivity index (χ4v) is 4.90. The number of ether oxygens (including phenoxy) is 1. The molecule has 31 heavy (non-hydrogen) atoms. The van der Waals surface area contributed by atoms with Crippen LogP contribution in [-0.4, -0.2) is 75.3 Å². The van der Waals surface area contributed by atoms with Crippen LogP contribution in [0.25, 0.3) is 10.9 Å². The normalized spacial score (nSPS) is 19.8. The number of rotatable bonds is 5. The average Bonchev–Trinajstić information content (AvgIpc) is 3.47. The predicted octanol–water partition coefficient (Wildman–Crippen LogP) is 1.98. The molecule has 1 aliphatic heterocycles. The maximum absolute atomic E-state index is 13.3. The Hall–Kier alpha value is -2.78. The number of nitrogens with one attached hydrogen (secondary N) is 1. The molecule has 9 nitrogen and oxygen atoms in total. The number of likely N-dealkylation sites (N-methyl/N-ethyl adjacent to an activating group) is 1. The summed E-state index contributed by atoms with van der Waals surface area (Å²) in [5, 5.41) is 13.8. The maximum Gasteiger partial charge on any atom is 0.253 e. The molecule has 1 aromatic carbocycles. The first-order chi connectivity index (χ1) is 15.1. The quantitative estimate of drug-likeness (QED) is 0.671. The molecule has 1 atom stereocenters. The second-order valence-corrected chi connectivity index (χ2v) is 8.67. The van der Waals surface area contributed by atoms with Crippen molar-refractivity contribution in [3.05, 3.63) is 46.0 Å². The number of benzene rings is 1. The number of piperazine rings is 1. The van der Waals surface area contributed by atoms with E-state index in [1.165, 1.54) is 12.8 Å². The van der Waals surface area contributed by atoms with E-state index in [2.05, 4.69) is 37.4 Å². The van der Waals surface area contributed by atoms with Crippen molar-refractivity contribution in [3.8, 4) is 5.75 Å². The fraction of sp³-hybridized carbons (Fsp3) is 0.545. The maximum atomic E-state index is 13.3. The zero-order chi connectivity index (χ0) is 21.4. The van der Waals surface area contributed by atoms with Crippen LogP contribution in [0.2, 0.25) is 0 Å². The van der Waals surface area contributed by atoms with Gasteiger partial charge in [-0.2, -0.15) is 0 Å². The van der Waals surface area contributed by atoms with Crippen molar-refractivity contribution < 1.29 is 4.74 Å². The highest BCUT2D eigenvalue weighted by atomic mass is 16.5. The van der Waals surface area contributed by atoms with Gasteiger partial charge in [0.1, 0.15) is 11.8 Å². The van der Waals surface area contributed by atoms with Crippen LogP contribution >= 0.6 is 0 Å². The number of hydrogen-bond donors (Lipinski definition) is 1. The monoisotopic (exact) mass is 423 g/mol. The lowest BCUT2D eigenvalue weighted by molar-refractivity contribution is 0.120. The molecule has 1 saturated heterocycles. The molecule has 1 N–H and O–H groups in total. The molecule has 1 saturated carbocycles. The van der Waals surface area contributed by atoms with E-state index in [1.54, 1.807) is 7.11 Å². The highest BCUT2D eigenvalue weighted by molar-refractivity contribution is 5.80. The van der Waals surface area contributed by atoms with Crippen LogP contribution in [0, 0.1) is 0 Å². The number of fused-ring (bicyclic) bond motifs is 1. The summed E-state index contributed by atoms with van der Waals surface area (Å²) in [4.78, 5) is 21.0. The summed E-state index contributed by atoms with van der Waals surface area (Å²) in [5.74, 6) is 1.53. The molecule has 2 aliphatic rings. The number of aromatic nitrogens is 5. The van der Waals surface area contributed by atoms with Crippen LogP contribution in [0.4, 0.5) is 0 Å². The van der Waals surface area contributed by atoms with Crippen LogP contribution in [0.5, 0.6) is 5.75 Å². The molecule has 1 aliphatic carbocycles. The SMILES string of the molecule is COc1ccc2[nH]c(=O)c([C@H](c3nnnn3C3CCCC3)N3CCN(C)CC3)cc2c1. The van der Waals surface area contributed by atoms with E-state index in [-0.39, 0.29) is 11.6 Å². The largest absolute Gasteiger partial charge is 0.497 e. The molecule has 0 bridgehead atoms. The van der Waals surface area contributed by atoms with Crippen molar-refractivity contribution in [1.29, 1.82) is 0 Å². The summed E-state index contributed by atoms with van der Waals surface area (Å²) in [6, 6.07) is 7.69. The van der Waals surface area contributed by atoms with Crippen molar-refractivity contribution >= 4 is 10.9 Å². The molecule has 5 rings (SSSR count). The van der Waals surface area contributed by atoms with Gasteiger partial charge >= 0.3 is 0 Å². The third kappa shape index (κ3) is 3.83. The van der Waals surface area contributed by atoms with Gasteiger partial charge in [-0.3, -0.25) is 9.69 Å². The topological polar surface area (TPSA) is 92.2 Å². The smallest absolute Gasteiger partial charge is 0.253 e. The van der Waals surface area contributed by atoms with Crippen molar-refractivity contribution in [2.75, 3.05) is 40.3 Å². The number of nitrogens with zero attached hydrogens (tertiary/aromatic N) is 6. The van der Waals surface area contributed by atoms with E-state index < -0.39 is 0 Å². The summed E-state index contributed by atoms with van der Waals surface area (Å²) in [6.45, 7) is 3.60. The Morgan fingerprint density at radius 3 is 2.65 bits per heavy atom. The van der Waals surface area contributed by atoms with Crippen LogP contribution in [0.1, 0.15) is 49.2 Å². The van der Waals surface area contributed by atoms with Crippen LogP contribution in [0.15, 0.2) is 29.1 Å². The zero-order valence-corrected chi connectivity index (χ0v) is 18.1. The van der Waals surface area contributed by atoms with E-state index in [1.807, 2.05) is 28.9 Å².